The normalized spacial score (nSPS) is 10.3. The third-order valence-corrected chi connectivity index (χ3v) is 4.44. The zero-order valence-electron chi connectivity index (χ0n) is 10.0. The van der Waals surface area contributed by atoms with E-state index in [4.69, 9.17) is 11.0 Å². The lowest BCUT2D eigenvalue weighted by Crippen LogP contribution is -2.25. The number of amides is 1. The number of nitriles is 1. The third-order valence-electron chi connectivity index (χ3n) is 2.28. The van der Waals surface area contributed by atoms with Gasteiger partial charge in [-0.3, -0.25) is 4.79 Å². The summed E-state index contributed by atoms with van der Waals surface area (Å²) < 4.78 is 1.86. The fourth-order valence-corrected chi connectivity index (χ4v) is 3.36. The van der Waals surface area contributed by atoms with Gasteiger partial charge in [0, 0.05) is 12.2 Å². The number of nitrogens with one attached hydrogen (secondary N) is 1. The minimum absolute atomic E-state index is 0.0842. The summed E-state index contributed by atoms with van der Waals surface area (Å²) in [5, 5.41) is 11.0. The van der Waals surface area contributed by atoms with Crippen molar-refractivity contribution in [1.82, 2.24) is 10.3 Å². The lowest BCUT2D eigenvalue weighted by atomic mass is 10.3. The highest BCUT2D eigenvalue weighted by Crippen LogP contribution is 2.30. The molecule has 7 heteroatoms. The average Bonchev–Trinajstić information content (AvgIpc) is 2.78. The Hall–Kier alpha value is -1.78. The van der Waals surface area contributed by atoms with Crippen molar-refractivity contribution in [3.05, 3.63) is 18.2 Å². The Kier molecular flexibility index (Phi) is 4.60. The van der Waals surface area contributed by atoms with Crippen LogP contribution in [0, 0.1) is 11.3 Å². The summed E-state index contributed by atoms with van der Waals surface area (Å²) in [6.45, 7) is 0.395. The number of hydrogen-bond acceptors (Lipinski definition) is 6. The van der Waals surface area contributed by atoms with Crippen LogP contribution < -0.4 is 11.1 Å². The second kappa shape index (κ2) is 6.41. The summed E-state index contributed by atoms with van der Waals surface area (Å²) in [6.07, 6.45) is 0.330. The minimum atomic E-state index is -0.0842. The van der Waals surface area contributed by atoms with Gasteiger partial charge in [0.15, 0.2) is 4.34 Å². The van der Waals surface area contributed by atoms with Crippen molar-refractivity contribution in [2.45, 2.75) is 10.8 Å². The van der Waals surface area contributed by atoms with Crippen molar-refractivity contribution in [3.63, 3.8) is 0 Å². The Morgan fingerprint density at radius 1 is 1.58 bits per heavy atom. The van der Waals surface area contributed by atoms with Crippen LogP contribution in [-0.2, 0) is 4.79 Å². The van der Waals surface area contributed by atoms with Crippen LogP contribution in [0.1, 0.15) is 6.42 Å². The molecule has 0 aliphatic heterocycles. The quantitative estimate of drug-likeness (QED) is 0.499. The van der Waals surface area contributed by atoms with E-state index in [9.17, 15) is 4.79 Å². The Morgan fingerprint density at radius 3 is 3.21 bits per heavy atom. The van der Waals surface area contributed by atoms with E-state index in [0.717, 1.165) is 14.6 Å². The van der Waals surface area contributed by atoms with Gasteiger partial charge < -0.3 is 11.1 Å². The van der Waals surface area contributed by atoms with Crippen molar-refractivity contribution in [1.29, 1.82) is 5.26 Å². The molecule has 3 N–H and O–H groups in total. The second-order valence-corrected chi connectivity index (χ2v) is 6.01. The van der Waals surface area contributed by atoms with Crippen molar-refractivity contribution in [2.24, 2.45) is 0 Å². The van der Waals surface area contributed by atoms with E-state index < -0.39 is 0 Å². The Bertz CT molecular complexity index is 632. The van der Waals surface area contributed by atoms with Crippen LogP contribution in [-0.4, -0.2) is 23.2 Å². The second-order valence-electron chi connectivity index (χ2n) is 3.75. The molecule has 5 nitrogen and oxygen atoms in total. The maximum Gasteiger partial charge on any atom is 0.230 e. The number of rotatable bonds is 5. The molecule has 1 heterocycles. The largest absolute Gasteiger partial charge is 0.399 e. The van der Waals surface area contributed by atoms with Gasteiger partial charge in [0.2, 0.25) is 5.91 Å². The molecule has 0 saturated carbocycles. The highest BCUT2D eigenvalue weighted by molar-refractivity contribution is 8.01. The maximum atomic E-state index is 11.5. The first kappa shape index (κ1) is 13.6. The van der Waals surface area contributed by atoms with E-state index in [1.165, 1.54) is 23.1 Å². The number of nitrogen functional groups attached to an aromatic ring is 1. The fourth-order valence-electron chi connectivity index (χ4n) is 1.42. The Labute approximate surface area is 118 Å². The van der Waals surface area contributed by atoms with Crippen molar-refractivity contribution in [2.75, 3.05) is 18.0 Å². The monoisotopic (exact) mass is 292 g/mol. The van der Waals surface area contributed by atoms with Gasteiger partial charge in [-0.15, -0.1) is 11.3 Å². The highest BCUT2D eigenvalue weighted by Gasteiger charge is 2.07. The maximum absolute atomic E-state index is 11.5. The number of carbonyl (C=O) groups excluding carboxylic acids is 1. The van der Waals surface area contributed by atoms with Gasteiger partial charge in [-0.25, -0.2) is 4.98 Å². The molecule has 0 fully saturated rings. The van der Waals surface area contributed by atoms with Crippen LogP contribution in [0.25, 0.3) is 10.2 Å². The number of fused-ring (bicyclic) bond motifs is 1. The molecular weight excluding hydrogens is 280 g/mol. The van der Waals surface area contributed by atoms with E-state index >= 15 is 0 Å². The topological polar surface area (TPSA) is 91.8 Å². The molecule has 0 aliphatic carbocycles. The molecule has 0 unspecified atom stereocenters. The number of thiazole rings is 1. The van der Waals surface area contributed by atoms with Crippen LogP contribution in [0.5, 0.6) is 0 Å². The predicted molar refractivity (Wildman–Crippen MR) is 78.0 cm³/mol. The van der Waals surface area contributed by atoms with Gasteiger partial charge in [-0.1, -0.05) is 11.8 Å². The number of nitrogens with zero attached hydrogens (tertiary/aromatic N) is 2. The molecule has 0 spiro atoms. The molecule has 98 valence electrons. The van der Waals surface area contributed by atoms with E-state index in [0.29, 0.717) is 24.4 Å². The Balaban J connectivity index is 1.91. The zero-order valence-corrected chi connectivity index (χ0v) is 11.7. The molecular formula is C12H12N4OS2. The highest BCUT2D eigenvalue weighted by atomic mass is 32.2. The summed E-state index contributed by atoms with van der Waals surface area (Å²) in [4.78, 5) is 15.9. The smallest absolute Gasteiger partial charge is 0.230 e. The lowest BCUT2D eigenvalue weighted by molar-refractivity contribution is -0.118. The Morgan fingerprint density at radius 2 is 2.42 bits per heavy atom. The standard InChI is InChI=1S/C12H12N4OS2/c13-4-1-5-15-11(17)7-18-12-16-9-3-2-8(14)6-10(9)19-12/h2-3,6H,1,5,7,14H2,(H,15,17). The van der Waals surface area contributed by atoms with Gasteiger partial charge in [-0.05, 0) is 18.2 Å². The lowest BCUT2D eigenvalue weighted by Gasteiger charge is -2.00. The summed E-state index contributed by atoms with van der Waals surface area (Å²) >= 11 is 2.91. The van der Waals surface area contributed by atoms with Crippen LogP contribution >= 0.6 is 23.1 Å². The number of nitrogens with two attached hydrogens (primary N) is 1. The zero-order chi connectivity index (χ0) is 13.7. The molecule has 0 saturated heterocycles. The first-order valence-corrected chi connectivity index (χ1v) is 7.42. The number of carbonyl (C=O) groups is 1. The number of hydrogen-bond donors (Lipinski definition) is 2. The molecule has 1 aromatic heterocycles. The van der Waals surface area contributed by atoms with E-state index in [1.807, 2.05) is 24.3 Å². The predicted octanol–water partition coefficient (Wildman–Crippen LogP) is 2.00. The van der Waals surface area contributed by atoms with Gasteiger partial charge in [0.05, 0.1) is 28.5 Å². The molecule has 0 radical (unpaired) electrons. The number of thioether (sulfide) groups is 1. The summed E-state index contributed by atoms with van der Waals surface area (Å²) in [5.41, 5.74) is 7.31. The van der Waals surface area contributed by atoms with Crippen molar-refractivity contribution in [3.8, 4) is 6.07 Å². The number of anilines is 1. The average molecular weight is 292 g/mol. The fraction of sp³-hybridized carbons (Fsp3) is 0.250. The first-order valence-electron chi connectivity index (χ1n) is 5.61. The molecule has 0 aliphatic rings. The van der Waals surface area contributed by atoms with Crippen molar-refractivity contribution >= 4 is 44.9 Å². The first-order chi connectivity index (χ1) is 9.19. The molecule has 2 rings (SSSR count). The molecule has 1 aromatic carbocycles. The van der Waals surface area contributed by atoms with Gasteiger partial charge in [-0.2, -0.15) is 5.26 Å². The molecule has 19 heavy (non-hydrogen) atoms. The van der Waals surface area contributed by atoms with Crippen LogP contribution in [0.15, 0.2) is 22.5 Å². The molecule has 0 bridgehead atoms. The molecule has 2 aromatic rings. The van der Waals surface area contributed by atoms with E-state index in [1.54, 1.807) is 0 Å². The number of benzene rings is 1. The van der Waals surface area contributed by atoms with E-state index in [-0.39, 0.29) is 5.91 Å². The van der Waals surface area contributed by atoms with Crippen LogP contribution in [0.4, 0.5) is 5.69 Å². The van der Waals surface area contributed by atoms with Crippen LogP contribution in [0.3, 0.4) is 0 Å². The minimum Gasteiger partial charge on any atom is -0.399 e. The van der Waals surface area contributed by atoms with Crippen molar-refractivity contribution < 1.29 is 4.79 Å². The third kappa shape index (κ3) is 3.84. The molecule has 1 amide bonds. The summed E-state index contributed by atoms with van der Waals surface area (Å²) in [7, 11) is 0. The van der Waals surface area contributed by atoms with E-state index in [2.05, 4.69) is 10.3 Å². The van der Waals surface area contributed by atoms with Gasteiger partial charge in [0.25, 0.3) is 0 Å². The van der Waals surface area contributed by atoms with Crippen LogP contribution in [0.2, 0.25) is 0 Å². The summed E-state index contributed by atoms with van der Waals surface area (Å²) in [6, 6.07) is 7.54. The summed E-state index contributed by atoms with van der Waals surface area (Å²) in [5.74, 6) is 0.222. The SMILES string of the molecule is N#CCCNC(=O)CSc1nc2ccc(N)cc2s1. The molecule has 0 atom stereocenters. The van der Waals surface area contributed by atoms with Gasteiger partial charge in [0.1, 0.15) is 0 Å². The number of aromatic nitrogens is 1. The van der Waals surface area contributed by atoms with Gasteiger partial charge >= 0.3 is 0 Å².